The van der Waals surface area contributed by atoms with Crippen molar-refractivity contribution >= 4 is 17.2 Å². The summed E-state index contributed by atoms with van der Waals surface area (Å²) in [4.78, 5) is 25.4. The average Bonchev–Trinajstić information content (AvgIpc) is 3.27. The highest BCUT2D eigenvalue weighted by Gasteiger charge is 2.22. The highest BCUT2D eigenvalue weighted by molar-refractivity contribution is 7.07. The van der Waals surface area contributed by atoms with Crippen molar-refractivity contribution in [2.24, 2.45) is 0 Å². The van der Waals surface area contributed by atoms with Gasteiger partial charge in [-0.15, -0.1) is 11.3 Å². The maximum absolute atomic E-state index is 12.8. The van der Waals surface area contributed by atoms with E-state index in [1.807, 2.05) is 46.8 Å². The third-order valence-electron chi connectivity index (χ3n) is 4.76. The summed E-state index contributed by atoms with van der Waals surface area (Å²) in [6, 6.07) is 11.4. The second-order valence-electron chi connectivity index (χ2n) is 6.72. The minimum atomic E-state index is 0.0760. The molecule has 6 nitrogen and oxygen atoms in total. The fourth-order valence-electron chi connectivity index (χ4n) is 3.20. The van der Waals surface area contributed by atoms with E-state index in [4.69, 9.17) is 4.74 Å². The number of nitrogens with zero attached hydrogens (tertiary/aromatic N) is 4. The van der Waals surface area contributed by atoms with Gasteiger partial charge < -0.3 is 9.64 Å². The van der Waals surface area contributed by atoms with Gasteiger partial charge in [0.1, 0.15) is 12.4 Å². The number of rotatable bonds is 6. The lowest BCUT2D eigenvalue weighted by Crippen LogP contribution is -2.48. The third kappa shape index (κ3) is 4.74. The normalized spacial score (nSPS) is 14.8. The molecule has 0 radical (unpaired) electrons. The van der Waals surface area contributed by atoms with Gasteiger partial charge >= 0.3 is 0 Å². The van der Waals surface area contributed by atoms with Crippen LogP contribution in [0.25, 0.3) is 0 Å². The summed E-state index contributed by atoms with van der Waals surface area (Å²) in [5.74, 6) is 0.818. The monoisotopic (exact) mass is 394 g/mol. The fourth-order valence-corrected chi connectivity index (χ4v) is 3.74. The number of amides is 1. The van der Waals surface area contributed by atoms with Crippen LogP contribution in [0.4, 0.5) is 0 Å². The summed E-state index contributed by atoms with van der Waals surface area (Å²) in [5, 5.41) is 1.96. The van der Waals surface area contributed by atoms with Crippen LogP contribution in [0.15, 0.2) is 59.7 Å². The van der Waals surface area contributed by atoms with Gasteiger partial charge in [-0.3, -0.25) is 14.7 Å². The zero-order valence-corrected chi connectivity index (χ0v) is 16.3. The molecule has 3 aromatic rings. The lowest BCUT2D eigenvalue weighted by Gasteiger charge is -2.34. The van der Waals surface area contributed by atoms with E-state index in [1.165, 1.54) is 5.56 Å². The zero-order valence-electron chi connectivity index (χ0n) is 15.5. The summed E-state index contributed by atoms with van der Waals surface area (Å²) >= 11 is 1.55. The van der Waals surface area contributed by atoms with E-state index in [0.29, 0.717) is 12.2 Å². The Bertz CT molecular complexity index is 877. The van der Waals surface area contributed by atoms with Crippen molar-refractivity contribution < 1.29 is 9.53 Å². The van der Waals surface area contributed by atoms with E-state index in [1.54, 1.807) is 23.0 Å². The van der Waals surface area contributed by atoms with Crippen molar-refractivity contribution in [2.45, 2.75) is 13.2 Å². The van der Waals surface area contributed by atoms with E-state index in [0.717, 1.165) is 44.2 Å². The summed E-state index contributed by atoms with van der Waals surface area (Å²) < 4.78 is 5.71. The first-order chi connectivity index (χ1) is 13.8. The van der Waals surface area contributed by atoms with Gasteiger partial charge in [0, 0.05) is 56.1 Å². The molecule has 144 valence electrons. The molecule has 0 unspecified atom stereocenters. The lowest BCUT2D eigenvalue weighted by molar-refractivity contribution is 0.0628. The van der Waals surface area contributed by atoms with E-state index < -0.39 is 0 Å². The molecule has 0 atom stereocenters. The zero-order chi connectivity index (χ0) is 19.2. The number of benzene rings is 1. The van der Waals surface area contributed by atoms with E-state index >= 15 is 0 Å². The van der Waals surface area contributed by atoms with Gasteiger partial charge in [-0.25, -0.2) is 4.98 Å². The molecule has 0 spiro atoms. The topological polar surface area (TPSA) is 58.6 Å². The van der Waals surface area contributed by atoms with Gasteiger partial charge in [0.15, 0.2) is 0 Å². The molecule has 1 aliphatic heterocycles. The Labute approximate surface area is 168 Å². The van der Waals surface area contributed by atoms with Crippen molar-refractivity contribution in [3.05, 3.63) is 76.5 Å². The Morgan fingerprint density at radius 2 is 1.93 bits per heavy atom. The van der Waals surface area contributed by atoms with Crippen LogP contribution in [0.5, 0.6) is 5.75 Å². The molecular formula is C21H22N4O2S. The number of hydrogen-bond acceptors (Lipinski definition) is 6. The minimum Gasteiger partial charge on any atom is -0.487 e. The summed E-state index contributed by atoms with van der Waals surface area (Å²) in [6.07, 6.45) is 3.69. The molecule has 0 N–H and O–H groups in total. The number of aromatic nitrogens is 2. The first kappa shape index (κ1) is 18.6. The Kier molecular flexibility index (Phi) is 5.94. The quantitative estimate of drug-likeness (QED) is 0.643. The van der Waals surface area contributed by atoms with Crippen molar-refractivity contribution in [2.75, 3.05) is 26.2 Å². The molecule has 1 amide bonds. The highest BCUT2D eigenvalue weighted by atomic mass is 32.1. The van der Waals surface area contributed by atoms with Crippen LogP contribution >= 0.6 is 11.3 Å². The van der Waals surface area contributed by atoms with Gasteiger partial charge in [0.05, 0.1) is 11.2 Å². The van der Waals surface area contributed by atoms with Crippen LogP contribution in [0, 0.1) is 0 Å². The van der Waals surface area contributed by atoms with Crippen molar-refractivity contribution in [1.82, 2.24) is 19.8 Å². The van der Waals surface area contributed by atoms with E-state index in [2.05, 4.69) is 20.9 Å². The number of pyridine rings is 1. The average molecular weight is 395 g/mol. The first-order valence-corrected chi connectivity index (χ1v) is 10.2. The lowest BCUT2D eigenvalue weighted by atomic mass is 10.1. The molecular weight excluding hydrogens is 372 g/mol. The molecule has 2 aromatic heterocycles. The fraction of sp³-hybridized carbons (Fsp3) is 0.286. The minimum absolute atomic E-state index is 0.0760. The number of piperazine rings is 1. The van der Waals surface area contributed by atoms with Gasteiger partial charge in [-0.2, -0.15) is 0 Å². The Morgan fingerprint density at radius 1 is 1.11 bits per heavy atom. The predicted molar refractivity (Wildman–Crippen MR) is 108 cm³/mol. The SMILES string of the molecule is O=C(c1ccc(OCc2cscn2)cc1)N1CCN(Cc2cccnc2)CC1. The van der Waals surface area contributed by atoms with Crippen LogP contribution in [0.1, 0.15) is 21.6 Å². The molecule has 28 heavy (non-hydrogen) atoms. The maximum atomic E-state index is 12.8. The van der Waals surface area contributed by atoms with Crippen LogP contribution in [0.2, 0.25) is 0 Å². The molecule has 1 aliphatic rings. The molecule has 4 rings (SSSR count). The van der Waals surface area contributed by atoms with Crippen LogP contribution < -0.4 is 4.74 Å². The number of thiazole rings is 1. The van der Waals surface area contributed by atoms with E-state index in [9.17, 15) is 4.79 Å². The Hall–Kier alpha value is -2.77. The number of hydrogen-bond donors (Lipinski definition) is 0. The summed E-state index contributed by atoms with van der Waals surface area (Å²) in [5.41, 5.74) is 4.60. The smallest absolute Gasteiger partial charge is 0.253 e. The Balaban J connectivity index is 1.27. The molecule has 0 aliphatic carbocycles. The van der Waals surface area contributed by atoms with Gasteiger partial charge in [0.2, 0.25) is 0 Å². The second kappa shape index (κ2) is 8.95. The van der Waals surface area contributed by atoms with Gasteiger partial charge in [-0.1, -0.05) is 6.07 Å². The van der Waals surface area contributed by atoms with Gasteiger partial charge in [-0.05, 0) is 35.9 Å². The molecule has 3 heterocycles. The van der Waals surface area contributed by atoms with Crippen molar-refractivity contribution in [3.8, 4) is 5.75 Å². The molecule has 1 saturated heterocycles. The van der Waals surface area contributed by atoms with E-state index in [-0.39, 0.29) is 5.91 Å². The molecule has 7 heteroatoms. The summed E-state index contributed by atoms with van der Waals surface area (Å²) in [6.45, 7) is 4.53. The van der Waals surface area contributed by atoms with Crippen LogP contribution in [-0.2, 0) is 13.2 Å². The number of carbonyl (C=O) groups is 1. The molecule has 0 saturated carbocycles. The molecule has 1 fully saturated rings. The molecule has 0 bridgehead atoms. The maximum Gasteiger partial charge on any atom is 0.253 e. The first-order valence-electron chi connectivity index (χ1n) is 9.28. The number of ether oxygens (including phenoxy) is 1. The van der Waals surface area contributed by atoms with Gasteiger partial charge in [0.25, 0.3) is 5.91 Å². The summed E-state index contributed by atoms with van der Waals surface area (Å²) in [7, 11) is 0. The second-order valence-corrected chi connectivity index (χ2v) is 7.44. The number of carbonyl (C=O) groups excluding carboxylic acids is 1. The van der Waals surface area contributed by atoms with Crippen molar-refractivity contribution in [3.63, 3.8) is 0 Å². The largest absolute Gasteiger partial charge is 0.487 e. The third-order valence-corrected chi connectivity index (χ3v) is 5.40. The van der Waals surface area contributed by atoms with Crippen LogP contribution in [-0.4, -0.2) is 51.9 Å². The van der Waals surface area contributed by atoms with Crippen LogP contribution in [0.3, 0.4) is 0 Å². The highest BCUT2D eigenvalue weighted by Crippen LogP contribution is 2.17. The van der Waals surface area contributed by atoms with Crippen molar-refractivity contribution in [1.29, 1.82) is 0 Å². The Morgan fingerprint density at radius 3 is 2.61 bits per heavy atom. The standard InChI is InChI=1S/C21H22N4O2S/c26-21(18-3-5-20(6-4-18)27-14-19-15-28-16-23-19)25-10-8-24(9-11-25)13-17-2-1-7-22-12-17/h1-7,12,15-16H,8-11,13-14H2. The predicted octanol–water partition coefficient (Wildman–Crippen LogP) is 3.08. The molecule has 1 aromatic carbocycles.